The van der Waals surface area contributed by atoms with Crippen molar-refractivity contribution in [2.24, 2.45) is 0 Å². The summed E-state index contributed by atoms with van der Waals surface area (Å²) in [6.07, 6.45) is 1.79. The van der Waals surface area contributed by atoms with E-state index < -0.39 is 0 Å². The van der Waals surface area contributed by atoms with Gasteiger partial charge in [0, 0.05) is 21.9 Å². The van der Waals surface area contributed by atoms with Gasteiger partial charge in [-0.2, -0.15) is 0 Å². The van der Waals surface area contributed by atoms with Gasteiger partial charge in [0.15, 0.2) is 0 Å². The lowest BCUT2D eigenvalue weighted by molar-refractivity contribution is 0.749. The fourth-order valence-corrected chi connectivity index (χ4v) is 2.34. The average molecular weight is 293 g/mol. The van der Waals surface area contributed by atoms with Crippen LogP contribution in [0.1, 0.15) is 11.1 Å². The smallest absolute Gasteiger partial charge is 0.253 e. The van der Waals surface area contributed by atoms with Crippen LogP contribution in [0.4, 0.5) is 5.69 Å². The number of halogens is 1. The number of aromatic nitrogens is 1. The molecule has 0 spiro atoms. The van der Waals surface area contributed by atoms with Gasteiger partial charge < -0.3 is 10.3 Å². The molecule has 2 aromatic rings. The number of hydrogen-bond acceptors (Lipinski definition) is 2. The van der Waals surface area contributed by atoms with Crippen molar-refractivity contribution < 1.29 is 0 Å². The predicted octanol–water partition coefficient (Wildman–Crippen LogP) is 2.55. The van der Waals surface area contributed by atoms with Crippen molar-refractivity contribution in [2.45, 2.75) is 13.5 Å². The summed E-state index contributed by atoms with van der Waals surface area (Å²) in [6, 6.07) is 9.37. The Hall–Kier alpha value is -1.55. The minimum absolute atomic E-state index is 0.0237. The zero-order chi connectivity index (χ0) is 12.4. The van der Waals surface area contributed by atoms with Crippen LogP contribution in [-0.4, -0.2) is 4.57 Å². The molecule has 0 aliphatic heterocycles. The lowest BCUT2D eigenvalue weighted by Crippen LogP contribution is -2.22. The van der Waals surface area contributed by atoms with E-state index in [0.29, 0.717) is 12.2 Å². The third-order valence-electron chi connectivity index (χ3n) is 2.54. The quantitative estimate of drug-likeness (QED) is 0.865. The lowest BCUT2D eigenvalue weighted by Gasteiger charge is -2.08. The Kier molecular flexibility index (Phi) is 3.33. The summed E-state index contributed by atoms with van der Waals surface area (Å²) in [7, 11) is 0. The van der Waals surface area contributed by atoms with Crippen molar-refractivity contribution in [2.75, 3.05) is 5.73 Å². The van der Waals surface area contributed by atoms with E-state index in [9.17, 15) is 4.79 Å². The number of rotatable bonds is 2. The van der Waals surface area contributed by atoms with E-state index in [-0.39, 0.29) is 5.56 Å². The molecule has 0 atom stereocenters. The minimum atomic E-state index is 0.0237. The predicted molar refractivity (Wildman–Crippen MR) is 73.1 cm³/mol. The Bertz CT molecular complexity index is 605. The zero-order valence-electron chi connectivity index (χ0n) is 9.48. The molecule has 1 aromatic heterocycles. The number of nitrogen functional groups attached to an aromatic ring is 1. The van der Waals surface area contributed by atoms with Gasteiger partial charge in [-0.15, -0.1) is 0 Å². The van der Waals surface area contributed by atoms with Crippen molar-refractivity contribution in [3.8, 4) is 0 Å². The molecule has 0 radical (unpaired) electrons. The van der Waals surface area contributed by atoms with Crippen LogP contribution in [0.2, 0.25) is 0 Å². The first-order valence-electron chi connectivity index (χ1n) is 5.27. The summed E-state index contributed by atoms with van der Waals surface area (Å²) in [5.41, 5.74) is 8.19. The maximum Gasteiger partial charge on any atom is 0.253 e. The second kappa shape index (κ2) is 4.75. The van der Waals surface area contributed by atoms with Gasteiger partial charge in [-0.3, -0.25) is 4.79 Å². The first kappa shape index (κ1) is 11.9. The van der Waals surface area contributed by atoms with Crippen LogP contribution in [0.3, 0.4) is 0 Å². The Labute approximate surface area is 108 Å². The molecule has 0 saturated heterocycles. The molecule has 1 heterocycles. The summed E-state index contributed by atoms with van der Waals surface area (Å²) >= 11 is 3.39. The van der Waals surface area contributed by atoms with E-state index in [1.165, 1.54) is 0 Å². The average Bonchev–Trinajstić information content (AvgIpc) is 2.25. The van der Waals surface area contributed by atoms with Crippen molar-refractivity contribution >= 4 is 21.6 Å². The van der Waals surface area contributed by atoms with Crippen LogP contribution in [0.5, 0.6) is 0 Å². The summed E-state index contributed by atoms with van der Waals surface area (Å²) in [6.45, 7) is 2.34. The van der Waals surface area contributed by atoms with Gasteiger partial charge in [0.1, 0.15) is 0 Å². The van der Waals surface area contributed by atoms with Crippen LogP contribution in [-0.2, 0) is 6.54 Å². The summed E-state index contributed by atoms with van der Waals surface area (Å²) in [4.78, 5) is 11.9. The van der Waals surface area contributed by atoms with Gasteiger partial charge in [-0.25, -0.2) is 0 Å². The summed E-state index contributed by atoms with van der Waals surface area (Å²) < 4.78 is 2.58. The van der Waals surface area contributed by atoms with Gasteiger partial charge >= 0.3 is 0 Å². The van der Waals surface area contributed by atoms with Crippen molar-refractivity contribution in [3.63, 3.8) is 0 Å². The van der Waals surface area contributed by atoms with Crippen molar-refractivity contribution in [1.82, 2.24) is 4.57 Å². The molecule has 1 aromatic carbocycles. The molecular weight excluding hydrogens is 280 g/mol. The normalized spacial score (nSPS) is 10.5. The highest BCUT2D eigenvalue weighted by Crippen LogP contribution is 2.11. The topological polar surface area (TPSA) is 48.0 Å². The van der Waals surface area contributed by atoms with Crippen LogP contribution in [0.25, 0.3) is 0 Å². The molecule has 0 aliphatic rings. The molecule has 88 valence electrons. The Morgan fingerprint density at radius 3 is 2.82 bits per heavy atom. The number of benzene rings is 1. The van der Waals surface area contributed by atoms with E-state index >= 15 is 0 Å². The Morgan fingerprint density at radius 2 is 2.12 bits per heavy atom. The molecule has 0 saturated carbocycles. The molecule has 0 bridgehead atoms. The fourth-order valence-electron chi connectivity index (χ4n) is 1.75. The molecule has 17 heavy (non-hydrogen) atoms. The molecule has 0 aliphatic carbocycles. The number of nitrogens with two attached hydrogens (primary N) is 1. The second-order valence-electron chi connectivity index (χ2n) is 4.02. The Balaban J connectivity index is 2.40. The largest absolute Gasteiger partial charge is 0.399 e. The van der Waals surface area contributed by atoms with E-state index in [1.54, 1.807) is 10.8 Å². The molecular formula is C13H13BrN2O. The first-order valence-corrected chi connectivity index (χ1v) is 6.06. The highest BCUT2D eigenvalue weighted by Gasteiger charge is 2.03. The maximum absolute atomic E-state index is 11.9. The van der Waals surface area contributed by atoms with Gasteiger partial charge in [0.05, 0.1) is 6.54 Å². The van der Waals surface area contributed by atoms with E-state index in [0.717, 1.165) is 15.6 Å². The van der Waals surface area contributed by atoms with Gasteiger partial charge in [0.2, 0.25) is 0 Å². The van der Waals surface area contributed by atoms with Gasteiger partial charge in [-0.1, -0.05) is 12.1 Å². The standard InChI is InChI=1S/C13H13BrN2O/c1-9-5-11(14)8-16(13(9)17)7-10-3-2-4-12(15)6-10/h2-6,8H,7,15H2,1H3. The second-order valence-corrected chi connectivity index (χ2v) is 4.94. The van der Waals surface area contributed by atoms with E-state index in [1.807, 2.05) is 37.3 Å². The minimum Gasteiger partial charge on any atom is -0.399 e. The molecule has 0 unspecified atom stereocenters. The Morgan fingerprint density at radius 1 is 1.35 bits per heavy atom. The van der Waals surface area contributed by atoms with Crippen LogP contribution < -0.4 is 11.3 Å². The number of aryl methyl sites for hydroxylation is 1. The van der Waals surface area contributed by atoms with Gasteiger partial charge in [-0.05, 0) is 46.6 Å². The van der Waals surface area contributed by atoms with Crippen LogP contribution in [0, 0.1) is 6.92 Å². The molecule has 2 rings (SSSR count). The SMILES string of the molecule is Cc1cc(Br)cn(Cc2cccc(N)c2)c1=O. The zero-order valence-corrected chi connectivity index (χ0v) is 11.1. The maximum atomic E-state index is 11.9. The molecule has 0 fully saturated rings. The third kappa shape index (κ3) is 2.77. The molecule has 2 N–H and O–H groups in total. The lowest BCUT2D eigenvalue weighted by atomic mass is 10.2. The first-order chi connectivity index (χ1) is 8.06. The molecule has 0 amide bonds. The highest BCUT2D eigenvalue weighted by atomic mass is 79.9. The summed E-state index contributed by atoms with van der Waals surface area (Å²) in [5.74, 6) is 0. The van der Waals surface area contributed by atoms with Crippen LogP contribution >= 0.6 is 15.9 Å². The number of pyridine rings is 1. The third-order valence-corrected chi connectivity index (χ3v) is 2.97. The fraction of sp³-hybridized carbons (Fsp3) is 0.154. The molecule has 4 heteroatoms. The van der Waals surface area contributed by atoms with Gasteiger partial charge in [0.25, 0.3) is 5.56 Å². The number of anilines is 1. The number of nitrogens with zero attached hydrogens (tertiary/aromatic N) is 1. The van der Waals surface area contributed by atoms with Crippen LogP contribution in [0.15, 0.2) is 45.8 Å². The van der Waals surface area contributed by atoms with Crippen molar-refractivity contribution in [1.29, 1.82) is 0 Å². The molecule has 3 nitrogen and oxygen atoms in total. The van der Waals surface area contributed by atoms with Crippen molar-refractivity contribution in [3.05, 3.63) is 62.5 Å². The highest BCUT2D eigenvalue weighted by molar-refractivity contribution is 9.10. The monoisotopic (exact) mass is 292 g/mol. The van der Waals surface area contributed by atoms with E-state index in [2.05, 4.69) is 15.9 Å². The van der Waals surface area contributed by atoms with E-state index in [4.69, 9.17) is 5.73 Å². The number of hydrogen-bond donors (Lipinski definition) is 1. The summed E-state index contributed by atoms with van der Waals surface area (Å²) in [5, 5.41) is 0.